The van der Waals surface area contributed by atoms with Crippen LogP contribution in [0.2, 0.25) is 0 Å². The molecule has 0 saturated heterocycles. The highest BCUT2D eigenvalue weighted by molar-refractivity contribution is 5.89. The third-order valence-corrected chi connectivity index (χ3v) is 6.18. The first kappa shape index (κ1) is 30.3. The Morgan fingerprint density at radius 3 is 1.19 bits per heavy atom. The molecule has 0 saturated carbocycles. The van der Waals surface area contributed by atoms with Gasteiger partial charge in [0, 0.05) is 24.2 Å². The maximum absolute atomic E-state index is 10.5. The number of phenols is 2. The SMILES string of the molecule is CCN(CC)Cc1ccc(/C(C)=C(\C)c2ccc(CN(CC)CC)c(O)c2)cc1O.Cl.Cl. The summed E-state index contributed by atoms with van der Waals surface area (Å²) in [5.74, 6) is 0.674. The molecule has 6 heteroatoms. The van der Waals surface area contributed by atoms with E-state index in [0.29, 0.717) is 11.5 Å². The van der Waals surface area contributed by atoms with E-state index < -0.39 is 0 Å². The highest BCUT2D eigenvalue weighted by Crippen LogP contribution is 2.32. The number of halogens is 2. The Labute approximate surface area is 206 Å². The molecule has 0 heterocycles. The molecule has 0 atom stereocenters. The molecule has 2 aromatic carbocycles. The Morgan fingerprint density at radius 2 is 0.938 bits per heavy atom. The van der Waals surface area contributed by atoms with Gasteiger partial charge in [-0.3, -0.25) is 9.80 Å². The summed E-state index contributed by atoms with van der Waals surface area (Å²) in [5.41, 5.74) is 6.09. The first-order valence-corrected chi connectivity index (χ1v) is 11.1. The second kappa shape index (κ2) is 14.4. The molecule has 2 aromatic rings. The van der Waals surface area contributed by atoms with E-state index in [1.54, 1.807) is 0 Å². The van der Waals surface area contributed by atoms with Crippen molar-refractivity contribution in [3.63, 3.8) is 0 Å². The maximum Gasteiger partial charge on any atom is 0.120 e. The van der Waals surface area contributed by atoms with Crippen molar-refractivity contribution in [3.8, 4) is 11.5 Å². The Balaban J connectivity index is 0.00000480. The fraction of sp³-hybridized carbons (Fsp3) is 0.462. The Kier molecular flexibility index (Phi) is 13.7. The predicted octanol–water partition coefficient (Wildman–Crippen LogP) is 6.58. The van der Waals surface area contributed by atoms with Crippen molar-refractivity contribution in [1.82, 2.24) is 9.80 Å². The zero-order valence-corrected chi connectivity index (χ0v) is 21.9. The first-order valence-electron chi connectivity index (χ1n) is 11.1. The Morgan fingerprint density at radius 1 is 0.625 bits per heavy atom. The smallest absolute Gasteiger partial charge is 0.120 e. The topological polar surface area (TPSA) is 46.9 Å². The van der Waals surface area contributed by atoms with Gasteiger partial charge in [0.25, 0.3) is 0 Å². The van der Waals surface area contributed by atoms with Gasteiger partial charge in [0.2, 0.25) is 0 Å². The molecule has 0 fully saturated rings. The third kappa shape index (κ3) is 7.70. The van der Waals surface area contributed by atoms with Crippen molar-refractivity contribution in [2.75, 3.05) is 26.2 Å². The largest absolute Gasteiger partial charge is 0.508 e. The van der Waals surface area contributed by atoms with E-state index in [0.717, 1.165) is 72.7 Å². The lowest BCUT2D eigenvalue weighted by Gasteiger charge is -2.20. The number of allylic oxidation sites excluding steroid dienone is 2. The fourth-order valence-electron chi connectivity index (χ4n) is 3.67. The molecule has 0 aliphatic carbocycles. The average Bonchev–Trinajstić information content (AvgIpc) is 2.76. The second-order valence-corrected chi connectivity index (χ2v) is 7.86. The Hall–Kier alpha value is -1.72. The van der Waals surface area contributed by atoms with Crippen LogP contribution in [0.3, 0.4) is 0 Å². The summed E-state index contributed by atoms with van der Waals surface area (Å²) in [6.45, 7) is 18.0. The first-order chi connectivity index (χ1) is 14.3. The van der Waals surface area contributed by atoms with E-state index in [1.165, 1.54) is 0 Å². The molecule has 0 radical (unpaired) electrons. The molecule has 0 aliphatic rings. The van der Waals surface area contributed by atoms with Crippen LogP contribution >= 0.6 is 24.8 Å². The molecule has 0 aromatic heterocycles. The number of phenolic OH excluding ortho intramolecular Hbond substituents is 2. The molecular weight excluding hydrogens is 443 g/mol. The molecule has 2 rings (SSSR count). The molecule has 0 amide bonds. The van der Waals surface area contributed by atoms with E-state index in [4.69, 9.17) is 0 Å². The highest BCUT2D eigenvalue weighted by atomic mass is 35.5. The van der Waals surface area contributed by atoms with Crippen molar-refractivity contribution in [3.05, 3.63) is 58.7 Å². The number of rotatable bonds is 10. The highest BCUT2D eigenvalue weighted by Gasteiger charge is 2.12. The lowest BCUT2D eigenvalue weighted by Crippen LogP contribution is -2.22. The van der Waals surface area contributed by atoms with Gasteiger partial charge in [-0.05, 0) is 74.4 Å². The fourth-order valence-corrected chi connectivity index (χ4v) is 3.67. The van der Waals surface area contributed by atoms with E-state index >= 15 is 0 Å². The van der Waals surface area contributed by atoms with Crippen LogP contribution in [0.25, 0.3) is 11.1 Å². The van der Waals surface area contributed by atoms with Crippen molar-refractivity contribution in [2.45, 2.75) is 54.6 Å². The molecule has 32 heavy (non-hydrogen) atoms. The van der Waals surface area contributed by atoms with Crippen molar-refractivity contribution in [1.29, 1.82) is 0 Å². The molecular formula is C26H40Cl2N2O2. The van der Waals surface area contributed by atoms with Gasteiger partial charge in [-0.2, -0.15) is 0 Å². The molecule has 180 valence electrons. The molecule has 0 spiro atoms. The monoisotopic (exact) mass is 482 g/mol. The molecule has 4 nitrogen and oxygen atoms in total. The normalized spacial score (nSPS) is 11.8. The number of nitrogens with zero attached hydrogens (tertiary/aromatic N) is 2. The van der Waals surface area contributed by atoms with Gasteiger partial charge >= 0.3 is 0 Å². The number of benzene rings is 2. The van der Waals surface area contributed by atoms with Gasteiger partial charge in [-0.15, -0.1) is 24.8 Å². The third-order valence-electron chi connectivity index (χ3n) is 6.18. The summed E-state index contributed by atoms with van der Waals surface area (Å²) in [5, 5.41) is 21.1. The lowest BCUT2D eigenvalue weighted by atomic mass is 9.95. The van der Waals surface area contributed by atoms with Crippen molar-refractivity contribution >= 4 is 36.0 Å². The van der Waals surface area contributed by atoms with Crippen LogP contribution in [0.1, 0.15) is 63.8 Å². The Bertz CT molecular complexity index is 805. The van der Waals surface area contributed by atoms with E-state index in [-0.39, 0.29) is 24.8 Å². The summed E-state index contributed by atoms with van der Waals surface area (Å²) in [4.78, 5) is 4.57. The van der Waals surface area contributed by atoms with Gasteiger partial charge < -0.3 is 10.2 Å². The van der Waals surface area contributed by atoms with E-state index in [2.05, 4.69) is 63.5 Å². The summed E-state index contributed by atoms with van der Waals surface area (Å²) in [6, 6.07) is 11.9. The summed E-state index contributed by atoms with van der Waals surface area (Å²) >= 11 is 0. The standard InChI is InChI=1S/C26H38N2O2.2ClH/c1-7-27(8-2)17-23-13-11-21(15-25(23)29)19(5)20(6)22-12-14-24(26(30)16-22)18-28(9-3)10-4;;/h11-16,29-30H,7-10,17-18H2,1-6H3;2*1H/b20-19+;;. The van der Waals surface area contributed by atoms with Crippen LogP contribution in [-0.2, 0) is 13.1 Å². The zero-order valence-electron chi connectivity index (χ0n) is 20.3. The summed E-state index contributed by atoms with van der Waals surface area (Å²) in [6.07, 6.45) is 0. The second-order valence-electron chi connectivity index (χ2n) is 7.86. The summed E-state index contributed by atoms with van der Waals surface area (Å²) in [7, 11) is 0. The number of aromatic hydroxyl groups is 2. The summed E-state index contributed by atoms with van der Waals surface area (Å²) < 4.78 is 0. The minimum Gasteiger partial charge on any atom is -0.508 e. The zero-order chi connectivity index (χ0) is 22.3. The minimum absolute atomic E-state index is 0. The molecule has 0 aliphatic heterocycles. The predicted molar refractivity (Wildman–Crippen MR) is 142 cm³/mol. The molecule has 2 N–H and O–H groups in total. The van der Waals surface area contributed by atoms with Crippen LogP contribution in [0.15, 0.2) is 36.4 Å². The van der Waals surface area contributed by atoms with Crippen LogP contribution in [0.4, 0.5) is 0 Å². The average molecular weight is 484 g/mol. The van der Waals surface area contributed by atoms with Gasteiger partial charge in [0.05, 0.1) is 0 Å². The van der Waals surface area contributed by atoms with Crippen LogP contribution in [0.5, 0.6) is 11.5 Å². The minimum atomic E-state index is 0. The maximum atomic E-state index is 10.5. The van der Waals surface area contributed by atoms with Crippen molar-refractivity contribution in [2.24, 2.45) is 0 Å². The molecule has 0 bridgehead atoms. The van der Waals surface area contributed by atoms with Crippen LogP contribution in [0, 0.1) is 0 Å². The van der Waals surface area contributed by atoms with Gasteiger partial charge in [-0.1, -0.05) is 52.0 Å². The quantitative estimate of drug-likeness (QED) is 0.375. The van der Waals surface area contributed by atoms with E-state index in [1.807, 2.05) is 24.3 Å². The van der Waals surface area contributed by atoms with Gasteiger partial charge in [0.1, 0.15) is 11.5 Å². The number of hydrogen-bond acceptors (Lipinski definition) is 4. The van der Waals surface area contributed by atoms with E-state index in [9.17, 15) is 10.2 Å². The van der Waals surface area contributed by atoms with Crippen LogP contribution in [-0.4, -0.2) is 46.2 Å². The lowest BCUT2D eigenvalue weighted by molar-refractivity contribution is 0.291. The molecule has 0 unspecified atom stereocenters. The van der Waals surface area contributed by atoms with Crippen LogP contribution < -0.4 is 0 Å². The number of hydrogen-bond donors (Lipinski definition) is 2. The van der Waals surface area contributed by atoms with Gasteiger partial charge in [0.15, 0.2) is 0 Å². The van der Waals surface area contributed by atoms with Gasteiger partial charge in [-0.25, -0.2) is 0 Å². The van der Waals surface area contributed by atoms with Crippen molar-refractivity contribution < 1.29 is 10.2 Å².